The number of hydrogen-bond acceptors (Lipinski definition) is 4. The normalized spacial score (nSPS) is 17.3. The van der Waals surface area contributed by atoms with Gasteiger partial charge in [-0.2, -0.15) is 0 Å². The Labute approximate surface area is 140 Å². The first-order chi connectivity index (χ1) is 10.4. The van der Waals surface area contributed by atoms with E-state index in [4.69, 9.17) is 5.73 Å². The Morgan fingerprint density at radius 1 is 1.22 bits per heavy atom. The van der Waals surface area contributed by atoms with E-state index >= 15 is 0 Å². The predicted octanol–water partition coefficient (Wildman–Crippen LogP) is 1.72. The van der Waals surface area contributed by atoms with E-state index in [1.807, 2.05) is 35.2 Å². The van der Waals surface area contributed by atoms with Gasteiger partial charge in [0.25, 0.3) is 0 Å². The summed E-state index contributed by atoms with van der Waals surface area (Å²) in [5, 5.41) is 0. The highest BCUT2D eigenvalue weighted by atomic mass is 35.5. The van der Waals surface area contributed by atoms with Crippen molar-refractivity contribution in [2.24, 2.45) is 5.73 Å². The minimum Gasteiger partial charge on any atom is -0.352 e. The zero-order valence-electron chi connectivity index (χ0n) is 12.4. The van der Waals surface area contributed by atoms with Gasteiger partial charge in [0.15, 0.2) is 5.44 Å². The first kappa shape index (κ1) is 17.9. The molecular weight excluding hydrogens is 337 g/mol. The Morgan fingerprint density at radius 3 is 2.57 bits per heavy atom. The van der Waals surface area contributed by atoms with E-state index in [-0.39, 0.29) is 23.9 Å². The van der Waals surface area contributed by atoms with E-state index in [1.165, 1.54) is 6.07 Å². The molecule has 0 amide bonds. The Kier molecular flexibility index (Phi) is 5.45. The highest BCUT2D eigenvalue weighted by molar-refractivity contribution is 7.60. The Bertz CT molecular complexity index is 723. The van der Waals surface area contributed by atoms with Crippen LogP contribution in [-0.4, -0.2) is 21.3 Å². The number of pyridine rings is 1. The molecule has 0 aliphatic carbocycles. The highest BCUT2D eigenvalue weighted by Gasteiger charge is 2.28. The molecule has 1 aliphatic heterocycles. The van der Waals surface area contributed by atoms with E-state index in [9.17, 15) is 14.4 Å². The fourth-order valence-corrected chi connectivity index (χ4v) is 3.16. The molecule has 0 saturated heterocycles. The van der Waals surface area contributed by atoms with Gasteiger partial charge in [-0.25, -0.2) is 4.98 Å². The molecule has 1 aromatic carbocycles. The summed E-state index contributed by atoms with van der Waals surface area (Å²) in [5.41, 5.74) is 7.84. The molecule has 3 rings (SSSR count). The van der Waals surface area contributed by atoms with E-state index in [2.05, 4.69) is 4.98 Å². The van der Waals surface area contributed by atoms with E-state index in [1.54, 1.807) is 6.07 Å². The number of fused-ring (bicyclic) bond motifs is 1. The van der Waals surface area contributed by atoms with Gasteiger partial charge in [0.2, 0.25) is 0 Å². The molecule has 2 aromatic rings. The number of rotatable bonds is 3. The maximum Gasteiger partial charge on any atom is 0.374 e. The SMILES string of the molecule is Cl.NC1CCN(Cc2ccccc2)c2nc(P(=O)(O)O)ccc21. The smallest absolute Gasteiger partial charge is 0.352 e. The first-order valence-electron chi connectivity index (χ1n) is 7.06. The number of aromatic nitrogens is 1. The number of halogens is 1. The van der Waals surface area contributed by atoms with Crippen molar-refractivity contribution >= 4 is 31.3 Å². The van der Waals surface area contributed by atoms with Gasteiger partial charge < -0.3 is 20.4 Å². The maximum absolute atomic E-state index is 11.4. The van der Waals surface area contributed by atoms with Gasteiger partial charge in [-0.15, -0.1) is 12.4 Å². The van der Waals surface area contributed by atoms with Crippen LogP contribution < -0.4 is 16.1 Å². The Hall–Kier alpha value is -1.43. The summed E-state index contributed by atoms with van der Waals surface area (Å²) in [6, 6.07) is 12.8. The van der Waals surface area contributed by atoms with Crippen LogP contribution in [0.1, 0.15) is 23.6 Å². The molecule has 4 N–H and O–H groups in total. The van der Waals surface area contributed by atoms with Crippen LogP contribution in [0, 0.1) is 0 Å². The number of hydrogen-bond donors (Lipinski definition) is 3. The van der Waals surface area contributed by atoms with Crippen molar-refractivity contribution in [3.05, 3.63) is 53.6 Å². The largest absolute Gasteiger partial charge is 0.374 e. The molecule has 0 saturated carbocycles. The van der Waals surface area contributed by atoms with E-state index < -0.39 is 7.60 Å². The van der Waals surface area contributed by atoms with Crippen molar-refractivity contribution in [1.29, 1.82) is 0 Å². The number of nitrogens with two attached hydrogens (primary N) is 1. The van der Waals surface area contributed by atoms with Crippen molar-refractivity contribution in [2.75, 3.05) is 11.4 Å². The van der Waals surface area contributed by atoms with Crippen LogP contribution in [0.25, 0.3) is 0 Å². The molecule has 1 aliphatic rings. The fraction of sp³-hybridized carbons (Fsp3) is 0.267. The first-order valence-corrected chi connectivity index (χ1v) is 8.68. The van der Waals surface area contributed by atoms with Crippen molar-refractivity contribution in [3.8, 4) is 0 Å². The fourth-order valence-electron chi connectivity index (χ4n) is 2.67. The third-order valence-corrected chi connectivity index (χ3v) is 4.66. The summed E-state index contributed by atoms with van der Waals surface area (Å²) in [5.74, 6) is 0.573. The minimum absolute atomic E-state index is 0. The standard InChI is InChI=1S/C15H18N3O3P.ClH/c16-13-8-9-18(10-11-4-2-1-3-5-11)15-12(13)6-7-14(17-15)22(19,20)21;/h1-7,13H,8-10,16H2,(H2,19,20,21);1H. The monoisotopic (exact) mass is 355 g/mol. The van der Waals surface area contributed by atoms with Crippen molar-refractivity contribution in [2.45, 2.75) is 19.0 Å². The Morgan fingerprint density at radius 2 is 1.91 bits per heavy atom. The number of anilines is 1. The molecular formula is C15H19ClN3O3P. The minimum atomic E-state index is -4.37. The molecule has 23 heavy (non-hydrogen) atoms. The molecule has 2 heterocycles. The molecule has 8 heteroatoms. The quantitative estimate of drug-likeness (QED) is 0.725. The summed E-state index contributed by atoms with van der Waals surface area (Å²) in [7, 11) is -4.37. The molecule has 124 valence electrons. The number of nitrogens with zero attached hydrogens (tertiary/aromatic N) is 2. The zero-order valence-corrected chi connectivity index (χ0v) is 14.1. The van der Waals surface area contributed by atoms with E-state index in [0.29, 0.717) is 18.9 Å². The van der Waals surface area contributed by atoms with Gasteiger partial charge in [0.1, 0.15) is 5.82 Å². The van der Waals surface area contributed by atoms with Gasteiger partial charge in [0.05, 0.1) is 0 Å². The van der Waals surface area contributed by atoms with Crippen LogP contribution in [0.3, 0.4) is 0 Å². The van der Waals surface area contributed by atoms with Crippen LogP contribution in [0.5, 0.6) is 0 Å². The van der Waals surface area contributed by atoms with Crippen molar-refractivity contribution < 1.29 is 14.4 Å². The van der Waals surface area contributed by atoms with Gasteiger partial charge in [-0.1, -0.05) is 36.4 Å². The van der Waals surface area contributed by atoms with Gasteiger partial charge in [0, 0.05) is 24.7 Å². The molecule has 1 aromatic heterocycles. The number of benzene rings is 1. The maximum atomic E-state index is 11.4. The second-order valence-corrected chi connectivity index (χ2v) is 6.97. The molecule has 1 atom stereocenters. The summed E-state index contributed by atoms with van der Waals surface area (Å²) in [4.78, 5) is 24.9. The molecule has 0 bridgehead atoms. The lowest BCUT2D eigenvalue weighted by molar-refractivity contribution is 0.386. The summed E-state index contributed by atoms with van der Waals surface area (Å²) < 4.78 is 11.4. The van der Waals surface area contributed by atoms with Crippen LogP contribution in [0.2, 0.25) is 0 Å². The van der Waals surface area contributed by atoms with Crippen LogP contribution in [0.4, 0.5) is 5.82 Å². The third kappa shape index (κ3) is 3.91. The van der Waals surface area contributed by atoms with Gasteiger partial charge in [-0.3, -0.25) is 4.57 Å². The molecule has 1 unspecified atom stereocenters. The summed E-state index contributed by atoms with van der Waals surface area (Å²) in [6.45, 7) is 1.35. The molecule has 0 fully saturated rings. The van der Waals surface area contributed by atoms with E-state index in [0.717, 1.165) is 17.5 Å². The predicted molar refractivity (Wildman–Crippen MR) is 92.2 cm³/mol. The molecule has 0 spiro atoms. The topological polar surface area (TPSA) is 99.7 Å². The van der Waals surface area contributed by atoms with Gasteiger partial charge >= 0.3 is 7.60 Å². The zero-order chi connectivity index (χ0) is 15.7. The molecule has 6 nitrogen and oxygen atoms in total. The van der Waals surface area contributed by atoms with Crippen LogP contribution in [-0.2, 0) is 11.1 Å². The van der Waals surface area contributed by atoms with Crippen LogP contribution >= 0.6 is 20.0 Å². The lowest BCUT2D eigenvalue weighted by Gasteiger charge is -2.33. The highest BCUT2D eigenvalue weighted by Crippen LogP contribution is 2.36. The van der Waals surface area contributed by atoms with Gasteiger partial charge in [-0.05, 0) is 18.1 Å². The second kappa shape index (κ2) is 6.99. The average molecular weight is 356 g/mol. The summed E-state index contributed by atoms with van der Waals surface area (Å²) >= 11 is 0. The van der Waals surface area contributed by atoms with Crippen LogP contribution in [0.15, 0.2) is 42.5 Å². The third-order valence-electron chi connectivity index (χ3n) is 3.81. The second-order valence-electron chi connectivity index (χ2n) is 5.43. The van der Waals surface area contributed by atoms with Crippen molar-refractivity contribution in [3.63, 3.8) is 0 Å². The average Bonchev–Trinajstić information content (AvgIpc) is 2.50. The van der Waals surface area contributed by atoms with Crippen molar-refractivity contribution in [1.82, 2.24) is 4.98 Å². The lowest BCUT2D eigenvalue weighted by Crippen LogP contribution is -2.35. The summed E-state index contributed by atoms with van der Waals surface area (Å²) in [6.07, 6.45) is 0.788. The lowest BCUT2D eigenvalue weighted by atomic mass is 10.00. The Balaban J connectivity index is 0.00000192. The molecule has 0 radical (unpaired) electrons.